The Morgan fingerprint density at radius 3 is 2.80 bits per heavy atom. The van der Waals surface area contributed by atoms with Crippen molar-refractivity contribution in [2.75, 3.05) is 19.6 Å². The fraction of sp³-hybridized carbons (Fsp3) is 0.435. The molecular weight excluding hydrogens is 380 g/mol. The van der Waals surface area contributed by atoms with Crippen molar-refractivity contribution < 1.29 is 14.0 Å². The maximum Gasteiger partial charge on any atom is 0.289 e. The lowest BCUT2D eigenvalue weighted by Gasteiger charge is -2.32. The van der Waals surface area contributed by atoms with Crippen molar-refractivity contribution in [2.45, 2.75) is 33.1 Å². The molecule has 0 aromatic carbocycles. The second kappa shape index (κ2) is 7.00. The summed E-state index contributed by atoms with van der Waals surface area (Å²) in [7, 11) is 0. The lowest BCUT2D eigenvalue weighted by Crippen LogP contribution is -2.40. The molecule has 1 aliphatic heterocycles. The average Bonchev–Trinajstić information content (AvgIpc) is 3.07. The predicted molar refractivity (Wildman–Crippen MR) is 112 cm³/mol. The zero-order chi connectivity index (χ0) is 20.9. The number of likely N-dealkylation sites (tertiary alicyclic amines) is 1. The molecule has 1 saturated carbocycles. The third-order valence-corrected chi connectivity index (χ3v) is 6.82. The van der Waals surface area contributed by atoms with Gasteiger partial charge in [0.1, 0.15) is 11.5 Å². The molecule has 30 heavy (non-hydrogen) atoms. The first-order valence-electron chi connectivity index (χ1n) is 10.5. The van der Waals surface area contributed by atoms with E-state index in [9.17, 15) is 9.59 Å². The second-order valence-electron chi connectivity index (χ2n) is 8.78. The van der Waals surface area contributed by atoms with Crippen molar-refractivity contribution in [3.8, 4) is 0 Å². The summed E-state index contributed by atoms with van der Waals surface area (Å²) in [5.74, 6) is 1.64. The number of piperidine rings is 1. The maximum atomic E-state index is 12.8. The number of carbonyl (C=O) groups is 2. The molecule has 5 rings (SSSR count). The van der Waals surface area contributed by atoms with E-state index in [-0.39, 0.29) is 17.2 Å². The van der Waals surface area contributed by atoms with Crippen LogP contribution < -0.4 is 5.32 Å². The van der Waals surface area contributed by atoms with E-state index in [1.807, 2.05) is 36.9 Å². The first-order chi connectivity index (χ1) is 14.4. The molecule has 2 amide bonds. The van der Waals surface area contributed by atoms with Crippen LogP contribution in [-0.4, -0.2) is 46.3 Å². The van der Waals surface area contributed by atoms with Gasteiger partial charge in [-0.05, 0) is 62.6 Å². The first-order valence-corrected chi connectivity index (χ1v) is 10.5. The molecule has 7 heteroatoms. The minimum absolute atomic E-state index is 0.00532. The SMILES string of the molecule is Cc1cc(C)c(C(=O)N2CCC3(CC2)CC3CNC(=O)c2cc3cnccc3[nH]2)o1. The number of nitrogens with one attached hydrogen (secondary N) is 2. The van der Waals surface area contributed by atoms with Gasteiger partial charge in [0.2, 0.25) is 0 Å². The van der Waals surface area contributed by atoms with Crippen molar-refractivity contribution in [1.82, 2.24) is 20.2 Å². The van der Waals surface area contributed by atoms with Crippen LogP contribution in [0.3, 0.4) is 0 Å². The van der Waals surface area contributed by atoms with E-state index in [2.05, 4.69) is 15.3 Å². The molecule has 0 bridgehead atoms. The number of rotatable bonds is 4. The van der Waals surface area contributed by atoms with Crippen LogP contribution in [0.2, 0.25) is 0 Å². The van der Waals surface area contributed by atoms with E-state index in [4.69, 9.17) is 4.42 Å². The lowest BCUT2D eigenvalue weighted by atomic mass is 9.90. The van der Waals surface area contributed by atoms with Crippen LogP contribution in [0.1, 0.15) is 51.6 Å². The third kappa shape index (κ3) is 3.28. The number of hydrogen-bond acceptors (Lipinski definition) is 4. The summed E-state index contributed by atoms with van der Waals surface area (Å²) in [6.07, 6.45) is 6.54. The highest BCUT2D eigenvalue weighted by atomic mass is 16.4. The van der Waals surface area contributed by atoms with Gasteiger partial charge in [-0.3, -0.25) is 14.6 Å². The van der Waals surface area contributed by atoms with Gasteiger partial charge in [0, 0.05) is 48.5 Å². The predicted octanol–water partition coefficient (Wildman–Crippen LogP) is 3.45. The largest absolute Gasteiger partial charge is 0.456 e. The molecule has 1 atom stereocenters. The Kier molecular flexibility index (Phi) is 4.41. The summed E-state index contributed by atoms with van der Waals surface area (Å²) < 4.78 is 5.60. The van der Waals surface area contributed by atoms with E-state index in [0.717, 1.165) is 54.6 Å². The Balaban J connectivity index is 1.14. The van der Waals surface area contributed by atoms with Gasteiger partial charge < -0.3 is 19.6 Å². The fourth-order valence-corrected chi connectivity index (χ4v) is 4.89. The summed E-state index contributed by atoms with van der Waals surface area (Å²) in [6.45, 7) is 5.95. The van der Waals surface area contributed by atoms with Gasteiger partial charge in [0.05, 0.1) is 0 Å². The van der Waals surface area contributed by atoms with Crippen LogP contribution in [0.15, 0.2) is 35.0 Å². The summed E-state index contributed by atoms with van der Waals surface area (Å²) >= 11 is 0. The molecule has 2 aliphatic rings. The van der Waals surface area contributed by atoms with Gasteiger partial charge >= 0.3 is 0 Å². The standard InChI is InChI=1S/C23H26N4O3/c1-14-9-15(2)30-20(14)22(29)27-7-4-23(5-8-27)11-17(23)13-25-21(28)19-10-16-12-24-6-3-18(16)26-19/h3,6,9-10,12,17,26H,4-5,7-8,11,13H2,1-2H3,(H,25,28). The van der Waals surface area contributed by atoms with Gasteiger partial charge in [0.15, 0.2) is 5.76 Å². The van der Waals surface area contributed by atoms with E-state index in [1.54, 1.807) is 12.4 Å². The molecular formula is C23H26N4O3. The number of hydrogen-bond donors (Lipinski definition) is 2. The normalized spacial score (nSPS) is 19.9. The summed E-state index contributed by atoms with van der Waals surface area (Å²) in [5, 5.41) is 4.01. The van der Waals surface area contributed by atoms with Gasteiger partial charge in [-0.2, -0.15) is 0 Å². The number of aromatic nitrogens is 2. The van der Waals surface area contributed by atoms with Gasteiger partial charge in [-0.1, -0.05) is 0 Å². The van der Waals surface area contributed by atoms with Crippen LogP contribution in [0, 0.1) is 25.2 Å². The second-order valence-corrected chi connectivity index (χ2v) is 8.78. The molecule has 2 N–H and O–H groups in total. The molecule has 2 fully saturated rings. The van der Waals surface area contributed by atoms with Crippen molar-refractivity contribution in [2.24, 2.45) is 11.3 Å². The van der Waals surface area contributed by atoms with E-state index < -0.39 is 0 Å². The smallest absolute Gasteiger partial charge is 0.289 e. The number of aryl methyl sites for hydroxylation is 2. The Morgan fingerprint density at radius 1 is 1.30 bits per heavy atom. The number of nitrogens with zero attached hydrogens (tertiary/aromatic N) is 2. The molecule has 0 radical (unpaired) electrons. The number of aromatic amines is 1. The van der Waals surface area contributed by atoms with Crippen molar-refractivity contribution in [1.29, 1.82) is 0 Å². The summed E-state index contributed by atoms with van der Waals surface area (Å²) in [6, 6.07) is 5.60. The van der Waals surface area contributed by atoms with Crippen LogP contribution in [0.25, 0.3) is 10.9 Å². The molecule has 1 saturated heterocycles. The van der Waals surface area contributed by atoms with Crippen LogP contribution in [0.5, 0.6) is 0 Å². The van der Waals surface area contributed by atoms with E-state index in [1.165, 1.54) is 0 Å². The Labute approximate surface area is 174 Å². The summed E-state index contributed by atoms with van der Waals surface area (Å²) in [5.41, 5.74) is 2.65. The lowest BCUT2D eigenvalue weighted by molar-refractivity contribution is 0.0634. The van der Waals surface area contributed by atoms with Gasteiger partial charge in [-0.15, -0.1) is 0 Å². The van der Waals surface area contributed by atoms with E-state index in [0.29, 0.717) is 23.9 Å². The Hall–Kier alpha value is -3.09. The fourth-order valence-electron chi connectivity index (χ4n) is 4.89. The maximum absolute atomic E-state index is 12.8. The highest BCUT2D eigenvalue weighted by Gasteiger charge is 2.55. The van der Waals surface area contributed by atoms with Crippen molar-refractivity contribution in [3.63, 3.8) is 0 Å². The molecule has 3 aromatic heterocycles. The van der Waals surface area contributed by atoms with Crippen LogP contribution in [0.4, 0.5) is 0 Å². The molecule has 4 heterocycles. The quantitative estimate of drug-likeness (QED) is 0.694. The molecule has 3 aromatic rings. The highest BCUT2D eigenvalue weighted by Crippen LogP contribution is 2.59. The minimum Gasteiger partial charge on any atom is -0.456 e. The van der Waals surface area contributed by atoms with Crippen molar-refractivity contribution in [3.05, 3.63) is 53.4 Å². The number of fused-ring (bicyclic) bond motifs is 1. The number of amides is 2. The monoisotopic (exact) mass is 406 g/mol. The van der Waals surface area contributed by atoms with Crippen LogP contribution in [-0.2, 0) is 0 Å². The van der Waals surface area contributed by atoms with Gasteiger partial charge in [-0.25, -0.2) is 0 Å². The molecule has 1 spiro atoms. The zero-order valence-corrected chi connectivity index (χ0v) is 17.3. The summed E-state index contributed by atoms with van der Waals surface area (Å²) in [4.78, 5) is 34.4. The minimum atomic E-state index is -0.0791. The molecule has 1 unspecified atom stereocenters. The highest BCUT2D eigenvalue weighted by molar-refractivity contribution is 5.97. The first kappa shape index (κ1) is 18.9. The molecule has 156 valence electrons. The number of carbonyl (C=O) groups excluding carboxylic acids is 2. The topological polar surface area (TPSA) is 91.2 Å². The van der Waals surface area contributed by atoms with E-state index >= 15 is 0 Å². The molecule has 7 nitrogen and oxygen atoms in total. The number of pyridine rings is 1. The number of furan rings is 1. The Morgan fingerprint density at radius 2 is 2.10 bits per heavy atom. The average molecular weight is 406 g/mol. The third-order valence-electron chi connectivity index (χ3n) is 6.82. The number of H-pyrrole nitrogens is 1. The molecule has 1 aliphatic carbocycles. The van der Waals surface area contributed by atoms with Gasteiger partial charge in [0.25, 0.3) is 11.8 Å². The Bertz CT molecular complexity index is 1090. The van der Waals surface area contributed by atoms with Crippen LogP contribution >= 0.6 is 0 Å². The zero-order valence-electron chi connectivity index (χ0n) is 17.3. The van der Waals surface area contributed by atoms with Crippen molar-refractivity contribution >= 4 is 22.7 Å².